The minimum atomic E-state index is -1.03. The Hall–Kier alpha value is -4.24. The van der Waals surface area contributed by atoms with Gasteiger partial charge in [-0.05, 0) is 59.7 Å². The Morgan fingerprint density at radius 1 is 0.929 bits per heavy atom. The Morgan fingerprint density at radius 3 is 2.26 bits per heavy atom. The van der Waals surface area contributed by atoms with E-state index in [9.17, 15) is 18.8 Å². The molecule has 0 spiro atoms. The van der Waals surface area contributed by atoms with E-state index in [1.54, 1.807) is 4.90 Å². The van der Waals surface area contributed by atoms with Crippen LogP contribution in [0.4, 0.5) is 14.9 Å². The van der Waals surface area contributed by atoms with Gasteiger partial charge in [-0.2, -0.15) is 0 Å². The first kappa shape index (κ1) is 29.3. The minimum Gasteiger partial charge on any atom is -0.378 e. The molecule has 8 nitrogen and oxygen atoms in total. The number of para-hydroxylation sites is 1. The predicted molar refractivity (Wildman–Crippen MR) is 158 cm³/mol. The van der Waals surface area contributed by atoms with Crippen molar-refractivity contribution in [2.75, 3.05) is 31.2 Å². The Morgan fingerprint density at radius 2 is 1.60 bits per heavy atom. The van der Waals surface area contributed by atoms with E-state index in [0.717, 1.165) is 36.1 Å². The number of primary amides is 1. The fourth-order valence-corrected chi connectivity index (χ4v) is 5.92. The third kappa shape index (κ3) is 6.97. The van der Waals surface area contributed by atoms with E-state index in [0.29, 0.717) is 44.8 Å². The number of benzene rings is 3. The maximum absolute atomic E-state index is 13.5. The Kier molecular flexibility index (Phi) is 9.48. The summed E-state index contributed by atoms with van der Waals surface area (Å²) in [5.41, 5.74) is 8.91. The van der Waals surface area contributed by atoms with Crippen LogP contribution in [0.15, 0.2) is 78.9 Å². The number of halogens is 1. The minimum absolute atomic E-state index is 0.0187. The molecule has 3 aromatic rings. The van der Waals surface area contributed by atoms with Crippen molar-refractivity contribution in [2.24, 2.45) is 11.7 Å². The van der Waals surface area contributed by atoms with Gasteiger partial charge in [-0.15, -0.1) is 0 Å². The van der Waals surface area contributed by atoms with Crippen LogP contribution in [-0.4, -0.2) is 49.0 Å². The first-order chi connectivity index (χ1) is 20.4. The molecule has 0 aromatic heterocycles. The molecular weight excluding hydrogens is 535 g/mol. The van der Waals surface area contributed by atoms with Crippen LogP contribution in [0.1, 0.15) is 54.3 Å². The van der Waals surface area contributed by atoms with Crippen LogP contribution in [-0.2, 0) is 20.9 Å². The number of hydrogen-bond donors (Lipinski definition) is 2. The van der Waals surface area contributed by atoms with Gasteiger partial charge >= 0.3 is 6.03 Å². The highest BCUT2D eigenvalue weighted by molar-refractivity contribution is 5.92. The van der Waals surface area contributed by atoms with Crippen LogP contribution >= 0.6 is 0 Å². The summed E-state index contributed by atoms with van der Waals surface area (Å²) >= 11 is 0. The van der Waals surface area contributed by atoms with Gasteiger partial charge in [0.2, 0.25) is 11.8 Å². The zero-order valence-corrected chi connectivity index (χ0v) is 23.6. The molecule has 3 atom stereocenters. The van der Waals surface area contributed by atoms with Gasteiger partial charge < -0.3 is 20.7 Å². The van der Waals surface area contributed by atoms with Crippen molar-refractivity contribution in [1.82, 2.24) is 10.2 Å². The lowest BCUT2D eigenvalue weighted by atomic mass is 9.74. The first-order valence-corrected chi connectivity index (χ1v) is 14.5. The quantitative estimate of drug-likeness (QED) is 0.401. The molecule has 0 bridgehead atoms. The largest absolute Gasteiger partial charge is 0.378 e. The first-order valence-electron chi connectivity index (χ1n) is 14.5. The molecule has 0 radical (unpaired) electrons. The highest BCUT2D eigenvalue weighted by Gasteiger charge is 2.34. The molecule has 1 aliphatic heterocycles. The van der Waals surface area contributed by atoms with Gasteiger partial charge in [0.15, 0.2) is 0 Å². The fraction of sp³-hybridized carbons (Fsp3) is 0.364. The molecule has 2 fully saturated rings. The molecule has 1 saturated heterocycles. The number of nitrogens with one attached hydrogen (secondary N) is 1. The molecular formula is C33H37FN4O4. The number of ether oxygens (including phenoxy) is 1. The van der Waals surface area contributed by atoms with Crippen LogP contribution in [0.2, 0.25) is 0 Å². The number of carbonyl (C=O) groups excluding carboxylic acids is 3. The molecule has 3 unspecified atom stereocenters. The second-order valence-corrected chi connectivity index (χ2v) is 10.9. The second-order valence-electron chi connectivity index (χ2n) is 10.9. The molecule has 3 aromatic carbocycles. The molecule has 3 N–H and O–H groups in total. The lowest BCUT2D eigenvalue weighted by molar-refractivity contribution is -0.131. The summed E-state index contributed by atoms with van der Waals surface area (Å²) in [6.45, 7) is 2.59. The number of urea groups is 1. The Balaban J connectivity index is 1.31. The fourth-order valence-electron chi connectivity index (χ4n) is 5.92. The summed E-state index contributed by atoms with van der Waals surface area (Å²) in [6, 6.07) is 22.1. The number of carbonyl (C=O) groups is 3. The zero-order chi connectivity index (χ0) is 29.5. The van der Waals surface area contributed by atoms with E-state index < -0.39 is 17.8 Å². The lowest BCUT2D eigenvalue weighted by Crippen LogP contribution is -2.48. The van der Waals surface area contributed by atoms with E-state index in [1.165, 1.54) is 24.3 Å². The third-order valence-electron chi connectivity index (χ3n) is 8.21. The van der Waals surface area contributed by atoms with Crippen molar-refractivity contribution in [3.8, 4) is 0 Å². The van der Waals surface area contributed by atoms with Gasteiger partial charge in [0, 0.05) is 24.7 Å². The summed E-state index contributed by atoms with van der Waals surface area (Å²) in [4.78, 5) is 42.8. The molecule has 42 heavy (non-hydrogen) atoms. The number of nitrogens with zero attached hydrogens (tertiary/aromatic N) is 2. The van der Waals surface area contributed by atoms with Crippen LogP contribution in [0, 0.1) is 11.7 Å². The van der Waals surface area contributed by atoms with Gasteiger partial charge in [0.25, 0.3) is 0 Å². The van der Waals surface area contributed by atoms with Crippen LogP contribution in [0.5, 0.6) is 0 Å². The highest BCUT2D eigenvalue weighted by Crippen LogP contribution is 2.38. The maximum atomic E-state index is 13.5. The summed E-state index contributed by atoms with van der Waals surface area (Å²) in [7, 11) is 0. The van der Waals surface area contributed by atoms with Gasteiger partial charge in [-0.3, -0.25) is 14.5 Å². The molecule has 1 aliphatic carbocycles. The standard InChI is InChI=1S/C33H37FN4O4/c34-26-16-14-25(15-17-26)30(31(35)39)36-32(40)29-9-5-4-8-28(29)24-12-10-23(11-13-24)22-38(27-6-2-1-3-7-27)33(41)37-18-20-42-21-19-37/h1-3,6-7,10-17,28-30H,4-5,8-9,18-22H2,(H2,35,39)(H,36,40). The zero-order valence-electron chi connectivity index (χ0n) is 23.6. The van der Waals surface area contributed by atoms with Crippen LogP contribution in [0.3, 0.4) is 0 Å². The highest BCUT2D eigenvalue weighted by atomic mass is 19.1. The summed E-state index contributed by atoms with van der Waals surface area (Å²) in [5, 5.41) is 2.83. The van der Waals surface area contributed by atoms with E-state index >= 15 is 0 Å². The predicted octanol–water partition coefficient (Wildman–Crippen LogP) is 4.90. The summed E-state index contributed by atoms with van der Waals surface area (Å²) in [6.07, 6.45) is 3.47. The number of amides is 4. The van der Waals surface area contributed by atoms with Gasteiger partial charge in [-0.1, -0.05) is 67.4 Å². The van der Waals surface area contributed by atoms with E-state index in [1.807, 2.05) is 59.5 Å². The third-order valence-corrected chi connectivity index (χ3v) is 8.21. The van der Waals surface area contributed by atoms with Crippen molar-refractivity contribution in [1.29, 1.82) is 0 Å². The number of morpholine rings is 1. The molecule has 4 amide bonds. The topological polar surface area (TPSA) is 105 Å². The monoisotopic (exact) mass is 572 g/mol. The summed E-state index contributed by atoms with van der Waals surface area (Å²) in [5.74, 6) is -1.70. The molecule has 2 aliphatic rings. The molecule has 5 rings (SSSR count). The van der Waals surface area contributed by atoms with Gasteiger partial charge in [-0.25, -0.2) is 9.18 Å². The van der Waals surface area contributed by atoms with Crippen molar-refractivity contribution in [3.05, 3.63) is 101 Å². The second kappa shape index (κ2) is 13.6. The van der Waals surface area contributed by atoms with Crippen molar-refractivity contribution in [3.63, 3.8) is 0 Å². The van der Waals surface area contributed by atoms with Crippen molar-refractivity contribution >= 4 is 23.5 Å². The average Bonchev–Trinajstić information content (AvgIpc) is 3.03. The normalized spacial score (nSPS) is 19.5. The Labute approximate surface area is 245 Å². The molecule has 9 heteroatoms. The van der Waals surface area contributed by atoms with Crippen molar-refractivity contribution < 1.29 is 23.5 Å². The lowest BCUT2D eigenvalue weighted by Gasteiger charge is -2.33. The van der Waals surface area contributed by atoms with Gasteiger partial charge in [0.05, 0.1) is 19.8 Å². The van der Waals surface area contributed by atoms with E-state index in [4.69, 9.17) is 10.5 Å². The number of rotatable bonds is 8. The maximum Gasteiger partial charge on any atom is 0.324 e. The smallest absolute Gasteiger partial charge is 0.324 e. The average molecular weight is 573 g/mol. The van der Waals surface area contributed by atoms with Gasteiger partial charge in [0.1, 0.15) is 11.9 Å². The SMILES string of the molecule is NC(=O)C(NC(=O)C1CCCCC1c1ccc(CN(C(=O)N2CCOCC2)c2ccccc2)cc1)c1ccc(F)cc1. The number of hydrogen-bond acceptors (Lipinski definition) is 4. The van der Waals surface area contributed by atoms with Crippen LogP contribution < -0.4 is 16.0 Å². The van der Waals surface area contributed by atoms with Crippen LogP contribution in [0.25, 0.3) is 0 Å². The van der Waals surface area contributed by atoms with E-state index in [-0.39, 0.29) is 23.8 Å². The van der Waals surface area contributed by atoms with E-state index in [2.05, 4.69) is 5.32 Å². The molecule has 1 saturated carbocycles. The number of nitrogens with two attached hydrogens (primary N) is 1. The summed E-state index contributed by atoms with van der Waals surface area (Å²) < 4.78 is 18.9. The Bertz CT molecular complexity index is 1360. The molecule has 1 heterocycles. The number of anilines is 1. The molecule has 220 valence electrons. The van der Waals surface area contributed by atoms with Crippen molar-refractivity contribution in [2.45, 2.75) is 44.2 Å².